The van der Waals surface area contributed by atoms with Crippen molar-refractivity contribution in [2.75, 3.05) is 5.88 Å². The molecule has 0 aliphatic carbocycles. The number of hydrogen-bond acceptors (Lipinski definition) is 1. The van der Waals surface area contributed by atoms with Crippen molar-refractivity contribution in [1.29, 1.82) is 0 Å². The van der Waals surface area contributed by atoms with E-state index in [2.05, 4.69) is 9.97 Å². The van der Waals surface area contributed by atoms with Crippen LogP contribution in [0.4, 0.5) is 0 Å². The fourth-order valence-electron chi connectivity index (χ4n) is 1.58. The Labute approximate surface area is 86.1 Å². The standard InChI is InChI=1S/C10H11ClN2O/c11-6-2-4-7-3-1-5-8-9(7)13-10(14)12-8/h1,3,5H,2,4,6H2,(H2,12,13,14). The zero-order valence-electron chi connectivity index (χ0n) is 7.64. The number of para-hydroxylation sites is 1. The molecule has 4 heteroatoms. The molecule has 2 rings (SSSR count). The van der Waals surface area contributed by atoms with E-state index >= 15 is 0 Å². The Morgan fingerprint density at radius 3 is 2.93 bits per heavy atom. The summed E-state index contributed by atoms with van der Waals surface area (Å²) in [7, 11) is 0. The Morgan fingerprint density at radius 1 is 1.29 bits per heavy atom. The number of benzene rings is 1. The minimum absolute atomic E-state index is 0.154. The number of aryl methyl sites for hydroxylation is 1. The summed E-state index contributed by atoms with van der Waals surface area (Å²) in [5.41, 5.74) is 2.75. The van der Waals surface area contributed by atoms with Crippen LogP contribution in [0.15, 0.2) is 23.0 Å². The summed E-state index contributed by atoms with van der Waals surface area (Å²) in [6, 6.07) is 5.84. The Balaban J connectivity index is 2.47. The van der Waals surface area contributed by atoms with Crippen LogP contribution < -0.4 is 5.69 Å². The summed E-state index contributed by atoms with van der Waals surface area (Å²) >= 11 is 5.63. The number of fused-ring (bicyclic) bond motifs is 1. The lowest BCUT2D eigenvalue weighted by molar-refractivity contribution is 0.934. The third kappa shape index (κ3) is 1.68. The molecule has 0 spiro atoms. The molecule has 0 unspecified atom stereocenters. The van der Waals surface area contributed by atoms with Gasteiger partial charge in [0.25, 0.3) is 0 Å². The minimum atomic E-state index is -0.154. The molecule has 0 radical (unpaired) electrons. The summed E-state index contributed by atoms with van der Waals surface area (Å²) in [5, 5.41) is 0. The molecule has 0 bridgehead atoms. The third-order valence-electron chi connectivity index (χ3n) is 2.22. The van der Waals surface area contributed by atoms with Crippen LogP contribution in [-0.4, -0.2) is 15.8 Å². The number of imidazole rings is 1. The maximum absolute atomic E-state index is 11.1. The van der Waals surface area contributed by atoms with Gasteiger partial charge in [-0.3, -0.25) is 0 Å². The van der Waals surface area contributed by atoms with Gasteiger partial charge >= 0.3 is 5.69 Å². The van der Waals surface area contributed by atoms with Crippen molar-refractivity contribution in [1.82, 2.24) is 9.97 Å². The fourth-order valence-corrected chi connectivity index (χ4v) is 1.72. The molecule has 1 heterocycles. The van der Waals surface area contributed by atoms with Crippen LogP contribution in [0.3, 0.4) is 0 Å². The van der Waals surface area contributed by atoms with Crippen LogP contribution >= 0.6 is 11.6 Å². The van der Waals surface area contributed by atoms with E-state index in [-0.39, 0.29) is 5.69 Å². The van der Waals surface area contributed by atoms with Crippen LogP contribution in [-0.2, 0) is 6.42 Å². The van der Waals surface area contributed by atoms with E-state index in [4.69, 9.17) is 11.6 Å². The summed E-state index contributed by atoms with van der Waals surface area (Å²) in [6.45, 7) is 0. The number of H-pyrrole nitrogens is 2. The summed E-state index contributed by atoms with van der Waals surface area (Å²) in [4.78, 5) is 16.6. The SMILES string of the molecule is O=c1[nH]c2cccc(CCCCl)c2[nH]1. The molecule has 0 aliphatic rings. The van der Waals surface area contributed by atoms with Gasteiger partial charge in [-0.05, 0) is 24.5 Å². The molecule has 1 aromatic carbocycles. The minimum Gasteiger partial charge on any atom is -0.306 e. The van der Waals surface area contributed by atoms with Gasteiger partial charge in [0.1, 0.15) is 0 Å². The zero-order valence-corrected chi connectivity index (χ0v) is 8.40. The highest BCUT2D eigenvalue weighted by Gasteiger charge is 2.02. The van der Waals surface area contributed by atoms with E-state index in [1.165, 1.54) is 0 Å². The molecule has 74 valence electrons. The molecule has 0 saturated carbocycles. The van der Waals surface area contributed by atoms with E-state index in [9.17, 15) is 4.79 Å². The van der Waals surface area contributed by atoms with Gasteiger partial charge in [-0.15, -0.1) is 11.6 Å². The molecule has 1 aromatic heterocycles. The Morgan fingerprint density at radius 2 is 2.14 bits per heavy atom. The molecule has 3 nitrogen and oxygen atoms in total. The fraction of sp³-hybridized carbons (Fsp3) is 0.300. The van der Waals surface area contributed by atoms with Crippen molar-refractivity contribution < 1.29 is 0 Å². The lowest BCUT2D eigenvalue weighted by Gasteiger charge is -1.99. The second-order valence-corrected chi connectivity index (χ2v) is 3.59. The molecule has 2 N–H and O–H groups in total. The maximum atomic E-state index is 11.1. The average Bonchev–Trinajstić information content (AvgIpc) is 2.55. The quantitative estimate of drug-likeness (QED) is 0.749. The van der Waals surface area contributed by atoms with Crippen molar-refractivity contribution in [2.45, 2.75) is 12.8 Å². The number of aromatic amines is 2. The van der Waals surface area contributed by atoms with Crippen molar-refractivity contribution in [3.63, 3.8) is 0 Å². The molecule has 0 saturated heterocycles. The Hall–Kier alpha value is -1.22. The lowest BCUT2D eigenvalue weighted by Crippen LogP contribution is -1.99. The number of aromatic nitrogens is 2. The smallest absolute Gasteiger partial charge is 0.306 e. The summed E-state index contributed by atoms with van der Waals surface area (Å²) in [6.07, 6.45) is 1.82. The largest absolute Gasteiger partial charge is 0.323 e. The number of hydrogen-bond donors (Lipinski definition) is 2. The number of halogens is 1. The highest BCUT2D eigenvalue weighted by Crippen LogP contribution is 2.14. The summed E-state index contributed by atoms with van der Waals surface area (Å²) in [5.74, 6) is 0.644. The molecule has 0 fully saturated rings. The second-order valence-electron chi connectivity index (χ2n) is 3.21. The van der Waals surface area contributed by atoms with Gasteiger partial charge in [-0.25, -0.2) is 4.79 Å². The van der Waals surface area contributed by atoms with Gasteiger partial charge in [0.15, 0.2) is 0 Å². The molecule has 14 heavy (non-hydrogen) atoms. The van der Waals surface area contributed by atoms with Crippen LogP contribution in [0.1, 0.15) is 12.0 Å². The summed E-state index contributed by atoms with van der Waals surface area (Å²) < 4.78 is 0. The monoisotopic (exact) mass is 210 g/mol. The van der Waals surface area contributed by atoms with Gasteiger partial charge in [-0.2, -0.15) is 0 Å². The number of nitrogens with one attached hydrogen (secondary N) is 2. The van der Waals surface area contributed by atoms with Gasteiger partial charge in [0.2, 0.25) is 0 Å². The van der Waals surface area contributed by atoms with Crippen molar-refractivity contribution in [3.8, 4) is 0 Å². The first-order valence-corrected chi connectivity index (χ1v) is 5.10. The van der Waals surface area contributed by atoms with Gasteiger partial charge in [-0.1, -0.05) is 12.1 Å². The molecular weight excluding hydrogens is 200 g/mol. The van der Waals surface area contributed by atoms with Gasteiger partial charge in [0.05, 0.1) is 11.0 Å². The van der Waals surface area contributed by atoms with Crippen molar-refractivity contribution >= 4 is 22.6 Å². The van der Waals surface area contributed by atoms with Crippen LogP contribution in [0.2, 0.25) is 0 Å². The normalized spacial score (nSPS) is 10.9. The molecule has 2 aromatic rings. The van der Waals surface area contributed by atoms with Crippen LogP contribution in [0, 0.1) is 0 Å². The van der Waals surface area contributed by atoms with E-state index < -0.39 is 0 Å². The first-order valence-electron chi connectivity index (χ1n) is 4.57. The van der Waals surface area contributed by atoms with E-state index in [0.29, 0.717) is 5.88 Å². The maximum Gasteiger partial charge on any atom is 0.323 e. The molecular formula is C10H11ClN2O. The molecule has 0 amide bonds. The predicted octanol–water partition coefficient (Wildman–Crippen LogP) is 2.03. The van der Waals surface area contributed by atoms with Gasteiger partial charge in [0, 0.05) is 5.88 Å². The first-order chi connectivity index (χ1) is 6.81. The van der Waals surface area contributed by atoms with E-state index in [0.717, 1.165) is 29.4 Å². The predicted molar refractivity (Wildman–Crippen MR) is 58.0 cm³/mol. The Bertz CT molecular complexity index is 486. The Kier molecular flexibility index (Phi) is 2.59. The van der Waals surface area contributed by atoms with Crippen molar-refractivity contribution in [3.05, 3.63) is 34.2 Å². The van der Waals surface area contributed by atoms with Gasteiger partial charge < -0.3 is 9.97 Å². The number of rotatable bonds is 3. The lowest BCUT2D eigenvalue weighted by atomic mass is 10.1. The zero-order chi connectivity index (χ0) is 9.97. The first kappa shape index (κ1) is 9.34. The van der Waals surface area contributed by atoms with Crippen molar-refractivity contribution in [2.24, 2.45) is 0 Å². The molecule has 0 atom stereocenters. The van der Waals surface area contributed by atoms with Crippen LogP contribution in [0.25, 0.3) is 11.0 Å². The van der Waals surface area contributed by atoms with E-state index in [1.807, 2.05) is 18.2 Å². The number of alkyl halides is 1. The van der Waals surface area contributed by atoms with Crippen LogP contribution in [0.5, 0.6) is 0 Å². The third-order valence-corrected chi connectivity index (χ3v) is 2.48. The molecule has 0 aliphatic heterocycles. The highest BCUT2D eigenvalue weighted by atomic mass is 35.5. The highest BCUT2D eigenvalue weighted by molar-refractivity contribution is 6.17. The second kappa shape index (κ2) is 3.88. The topological polar surface area (TPSA) is 48.6 Å². The van der Waals surface area contributed by atoms with E-state index in [1.54, 1.807) is 0 Å². The average molecular weight is 211 g/mol.